The molecule has 0 aliphatic heterocycles. The van der Waals surface area contributed by atoms with Gasteiger partial charge in [0.1, 0.15) is 0 Å². The molecule has 0 atom stereocenters. The maximum Gasteiger partial charge on any atom is 0.202 e. The zero-order chi connectivity index (χ0) is 12.0. The quantitative estimate of drug-likeness (QED) is 0.775. The Balaban J connectivity index is 2.50. The molecule has 0 saturated heterocycles. The molecule has 1 aromatic heterocycles. The number of aryl methyl sites for hydroxylation is 1. The van der Waals surface area contributed by atoms with Crippen molar-refractivity contribution in [3.05, 3.63) is 12.4 Å². The molecule has 1 N–H and O–H groups in total. The molecule has 4 heteroatoms. The molecule has 0 saturated carbocycles. The summed E-state index contributed by atoms with van der Waals surface area (Å²) in [7, 11) is 0. The molecular formula is C12H23N3O. The van der Waals surface area contributed by atoms with E-state index < -0.39 is 0 Å². The summed E-state index contributed by atoms with van der Waals surface area (Å²) < 4.78 is 7.75. The zero-order valence-corrected chi connectivity index (χ0v) is 10.8. The summed E-state index contributed by atoms with van der Waals surface area (Å²) in [5.41, 5.74) is -0.155. The van der Waals surface area contributed by atoms with Crippen LogP contribution in [0.2, 0.25) is 0 Å². The van der Waals surface area contributed by atoms with Gasteiger partial charge < -0.3 is 14.6 Å². The molecular weight excluding hydrogens is 202 g/mol. The lowest BCUT2D eigenvalue weighted by atomic mass is 10.1. The molecule has 0 unspecified atom stereocenters. The molecule has 1 rings (SSSR count). The third kappa shape index (κ3) is 3.85. The van der Waals surface area contributed by atoms with E-state index in [0.717, 1.165) is 32.1 Å². The van der Waals surface area contributed by atoms with E-state index in [-0.39, 0.29) is 5.60 Å². The van der Waals surface area contributed by atoms with Crippen molar-refractivity contribution in [3.8, 4) is 0 Å². The molecule has 0 fully saturated rings. The summed E-state index contributed by atoms with van der Waals surface area (Å²) in [6.07, 6.45) is 4.94. The second-order valence-corrected chi connectivity index (χ2v) is 4.49. The van der Waals surface area contributed by atoms with Crippen molar-refractivity contribution in [1.29, 1.82) is 0 Å². The fourth-order valence-corrected chi connectivity index (χ4v) is 1.63. The monoisotopic (exact) mass is 225 g/mol. The van der Waals surface area contributed by atoms with E-state index in [0.29, 0.717) is 0 Å². The molecule has 4 nitrogen and oxygen atoms in total. The average Bonchev–Trinajstić information content (AvgIpc) is 2.63. The lowest BCUT2D eigenvalue weighted by molar-refractivity contribution is 0.000543. The van der Waals surface area contributed by atoms with Gasteiger partial charge in [-0.1, -0.05) is 6.92 Å². The number of aromatic nitrogens is 2. The van der Waals surface area contributed by atoms with Crippen LogP contribution in [0.25, 0.3) is 0 Å². The smallest absolute Gasteiger partial charge is 0.202 e. The van der Waals surface area contributed by atoms with Gasteiger partial charge in [0, 0.05) is 32.1 Å². The summed E-state index contributed by atoms with van der Waals surface area (Å²) in [6, 6.07) is 0. The average molecular weight is 225 g/mol. The van der Waals surface area contributed by atoms with Gasteiger partial charge in [0.15, 0.2) is 0 Å². The molecule has 16 heavy (non-hydrogen) atoms. The minimum Gasteiger partial charge on any atom is -0.374 e. The van der Waals surface area contributed by atoms with Gasteiger partial charge in [-0.2, -0.15) is 0 Å². The summed E-state index contributed by atoms with van der Waals surface area (Å²) >= 11 is 0. The maximum absolute atomic E-state index is 5.63. The highest BCUT2D eigenvalue weighted by Gasteiger charge is 2.17. The fraction of sp³-hybridized carbons (Fsp3) is 0.750. The Bertz CT molecular complexity index is 307. The number of nitrogens with one attached hydrogen (secondary N) is 1. The minimum absolute atomic E-state index is 0.155. The van der Waals surface area contributed by atoms with Gasteiger partial charge in [-0.15, -0.1) is 0 Å². The van der Waals surface area contributed by atoms with Crippen molar-refractivity contribution in [2.45, 2.75) is 46.3 Å². The second kappa shape index (κ2) is 5.89. The number of ether oxygens (including phenoxy) is 1. The van der Waals surface area contributed by atoms with Crippen LogP contribution in [-0.2, 0) is 11.3 Å². The standard InChI is InChI=1S/C12H23N3O/c1-5-8-15-9-7-13-11(15)14-10-12(3,4)16-6-2/h7,9H,5-6,8,10H2,1-4H3,(H,13,14). The zero-order valence-electron chi connectivity index (χ0n) is 10.8. The van der Waals surface area contributed by atoms with Crippen LogP contribution in [0, 0.1) is 0 Å². The van der Waals surface area contributed by atoms with Gasteiger partial charge in [0.2, 0.25) is 5.95 Å². The lowest BCUT2D eigenvalue weighted by Gasteiger charge is -2.25. The highest BCUT2D eigenvalue weighted by atomic mass is 16.5. The maximum atomic E-state index is 5.63. The van der Waals surface area contributed by atoms with Gasteiger partial charge in [-0.05, 0) is 27.2 Å². The normalized spacial score (nSPS) is 11.8. The minimum atomic E-state index is -0.155. The first-order valence-electron chi connectivity index (χ1n) is 5.98. The van der Waals surface area contributed by atoms with Crippen LogP contribution < -0.4 is 5.32 Å². The van der Waals surface area contributed by atoms with Crippen molar-refractivity contribution < 1.29 is 4.74 Å². The van der Waals surface area contributed by atoms with Crippen molar-refractivity contribution in [2.75, 3.05) is 18.5 Å². The molecule has 0 aliphatic carbocycles. The second-order valence-electron chi connectivity index (χ2n) is 4.49. The third-order valence-corrected chi connectivity index (χ3v) is 2.39. The molecule has 0 aromatic carbocycles. The Hall–Kier alpha value is -1.03. The van der Waals surface area contributed by atoms with Gasteiger partial charge in [-0.25, -0.2) is 4.98 Å². The molecule has 0 amide bonds. The number of imidazole rings is 1. The van der Waals surface area contributed by atoms with Crippen molar-refractivity contribution in [2.24, 2.45) is 0 Å². The third-order valence-electron chi connectivity index (χ3n) is 2.39. The number of nitrogens with zero attached hydrogens (tertiary/aromatic N) is 2. The first-order valence-corrected chi connectivity index (χ1v) is 5.98. The van der Waals surface area contributed by atoms with E-state index in [1.165, 1.54) is 0 Å². The lowest BCUT2D eigenvalue weighted by Crippen LogP contribution is -2.34. The first-order chi connectivity index (χ1) is 7.59. The Morgan fingerprint density at radius 3 is 2.81 bits per heavy atom. The molecule has 1 heterocycles. The summed E-state index contributed by atoms with van der Waals surface area (Å²) in [5.74, 6) is 0.926. The van der Waals surface area contributed by atoms with Gasteiger partial charge >= 0.3 is 0 Å². The Labute approximate surface area is 98.0 Å². The van der Waals surface area contributed by atoms with Crippen LogP contribution in [0.5, 0.6) is 0 Å². The Morgan fingerprint density at radius 2 is 2.19 bits per heavy atom. The summed E-state index contributed by atoms with van der Waals surface area (Å²) in [4.78, 5) is 4.29. The molecule has 92 valence electrons. The van der Waals surface area contributed by atoms with Crippen molar-refractivity contribution >= 4 is 5.95 Å². The highest BCUT2D eigenvalue weighted by molar-refractivity contribution is 5.26. The molecule has 0 spiro atoms. The summed E-state index contributed by atoms with van der Waals surface area (Å²) in [6.45, 7) is 10.8. The predicted octanol–water partition coefficient (Wildman–Crippen LogP) is 2.52. The predicted molar refractivity (Wildman–Crippen MR) is 66.7 cm³/mol. The molecule has 1 aromatic rings. The van der Waals surface area contributed by atoms with Crippen LogP contribution in [0.1, 0.15) is 34.1 Å². The van der Waals surface area contributed by atoms with Crippen LogP contribution >= 0.6 is 0 Å². The number of rotatable bonds is 7. The van der Waals surface area contributed by atoms with Gasteiger partial charge in [0.25, 0.3) is 0 Å². The fourth-order valence-electron chi connectivity index (χ4n) is 1.63. The Morgan fingerprint density at radius 1 is 1.44 bits per heavy atom. The first kappa shape index (κ1) is 13.0. The SMILES string of the molecule is CCCn1ccnc1NCC(C)(C)OCC. The van der Waals surface area contributed by atoms with Crippen molar-refractivity contribution in [3.63, 3.8) is 0 Å². The van der Waals surface area contributed by atoms with Gasteiger partial charge in [-0.3, -0.25) is 0 Å². The highest BCUT2D eigenvalue weighted by Crippen LogP contribution is 2.11. The molecule has 0 aliphatic rings. The molecule has 0 radical (unpaired) electrons. The number of hydrogen-bond donors (Lipinski definition) is 1. The Kier molecular flexibility index (Phi) is 4.80. The van der Waals surface area contributed by atoms with E-state index in [1.54, 1.807) is 0 Å². The van der Waals surface area contributed by atoms with Crippen LogP contribution in [-0.4, -0.2) is 28.3 Å². The number of anilines is 1. The van der Waals surface area contributed by atoms with Crippen LogP contribution in [0.15, 0.2) is 12.4 Å². The largest absolute Gasteiger partial charge is 0.374 e. The van der Waals surface area contributed by atoms with E-state index in [9.17, 15) is 0 Å². The van der Waals surface area contributed by atoms with E-state index in [2.05, 4.69) is 35.6 Å². The summed E-state index contributed by atoms with van der Waals surface area (Å²) in [5, 5.41) is 3.33. The molecule has 0 bridgehead atoms. The number of hydrogen-bond acceptors (Lipinski definition) is 3. The van der Waals surface area contributed by atoms with Gasteiger partial charge in [0.05, 0.1) is 5.60 Å². The van der Waals surface area contributed by atoms with E-state index in [4.69, 9.17) is 4.74 Å². The van der Waals surface area contributed by atoms with Crippen LogP contribution in [0.4, 0.5) is 5.95 Å². The van der Waals surface area contributed by atoms with E-state index in [1.807, 2.05) is 19.3 Å². The van der Waals surface area contributed by atoms with Crippen molar-refractivity contribution in [1.82, 2.24) is 9.55 Å². The topological polar surface area (TPSA) is 39.1 Å². The van der Waals surface area contributed by atoms with Crippen LogP contribution in [0.3, 0.4) is 0 Å². The van der Waals surface area contributed by atoms with E-state index >= 15 is 0 Å².